The number of hydrogen-bond donors (Lipinski definition) is 2. The summed E-state index contributed by atoms with van der Waals surface area (Å²) in [7, 11) is 0. The number of thiophene rings is 1. The molecule has 1 aliphatic carbocycles. The second-order valence-corrected chi connectivity index (χ2v) is 9.17. The Morgan fingerprint density at radius 2 is 2.17 bits per heavy atom. The van der Waals surface area contributed by atoms with Crippen LogP contribution in [0.1, 0.15) is 59.5 Å². The van der Waals surface area contributed by atoms with Crippen LogP contribution in [0.2, 0.25) is 5.02 Å². The zero-order valence-corrected chi connectivity index (χ0v) is 18.6. The molecule has 3 N–H and O–H groups in total. The Balaban J connectivity index is 1.76. The fourth-order valence-electron chi connectivity index (χ4n) is 3.86. The van der Waals surface area contributed by atoms with Crippen LogP contribution in [0.5, 0.6) is 5.75 Å². The van der Waals surface area contributed by atoms with E-state index in [9.17, 15) is 9.59 Å². The molecule has 156 valence electrons. The van der Waals surface area contributed by atoms with Gasteiger partial charge in [0, 0.05) is 9.90 Å². The van der Waals surface area contributed by atoms with Crippen molar-refractivity contribution in [3.63, 3.8) is 0 Å². The first-order valence-electron chi connectivity index (χ1n) is 9.98. The van der Waals surface area contributed by atoms with Crippen molar-refractivity contribution in [2.45, 2.75) is 59.0 Å². The van der Waals surface area contributed by atoms with E-state index in [1.807, 2.05) is 6.92 Å². The number of halogens is 1. The van der Waals surface area contributed by atoms with Crippen LogP contribution in [0, 0.1) is 12.8 Å². The van der Waals surface area contributed by atoms with Crippen molar-refractivity contribution in [2.75, 3.05) is 5.32 Å². The number of carbonyl (C=O) groups is 2. The third-order valence-electron chi connectivity index (χ3n) is 5.36. The van der Waals surface area contributed by atoms with Crippen LogP contribution in [-0.2, 0) is 17.6 Å². The Hall–Kier alpha value is -2.05. The normalized spacial score (nSPS) is 16.8. The molecular weight excluding hydrogens is 408 g/mol. The molecule has 5 nitrogen and oxygen atoms in total. The quantitative estimate of drug-likeness (QED) is 0.634. The van der Waals surface area contributed by atoms with E-state index in [-0.39, 0.29) is 5.91 Å². The van der Waals surface area contributed by atoms with Gasteiger partial charge in [0.2, 0.25) is 0 Å². The van der Waals surface area contributed by atoms with Gasteiger partial charge in [-0.05, 0) is 68.4 Å². The fourth-order valence-corrected chi connectivity index (χ4v) is 5.46. The largest absolute Gasteiger partial charge is 0.481 e. The number of anilines is 1. The molecule has 0 saturated carbocycles. The molecule has 0 radical (unpaired) electrons. The molecule has 1 heterocycles. The number of aryl methyl sites for hydroxylation is 1. The van der Waals surface area contributed by atoms with E-state index in [2.05, 4.69) is 12.2 Å². The number of amides is 2. The zero-order valence-electron chi connectivity index (χ0n) is 17.0. The summed E-state index contributed by atoms with van der Waals surface area (Å²) in [5, 5.41) is 4.02. The molecule has 1 aromatic heterocycles. The smallest absolute Gasteiger partial charge is 0.265 e. The second kappa shape index (κ2) is 9.18. The van der Waals surface area contributed by atoms with Gasteiger partial charge in [-0.2, -0.15) is 0 Å². The lowest BCUT2D eigenvalue weighted by molar-refractivity contribution is -0.122. The van der Waals surface area contributed by atoms with Crippen molar-refractivity contribution in [1.29, 1.82) is 0 Å². The maximum atomic E-state index is 12.7. The highest BCUT2D eigenvalue weighted by Crippen LogP contribution is 2.40. The van der Waals surface area contributed by atoms with E-state index in [1.54, 1.807) is 25.1 Å². The Kier molecular flexibility index (Phi) is 6.85. The third kappa shape index (κ3) is 4.93. The molecule has 0 bridgehead atoms. The van der Waals surface area contributed by atoms with E-state index in [1.165, 1.54) is 22.6 Å². The number of primary amides is 1. The predicted octanol–water partition coefficient (Wildman–Crippen LogP) is 5.12. The van der Waals surface area contributed by atoms with Gasteiger partial charge in [0.1, 0.15) is 10.8 Å². The number of benzene rings is 1. The van der Waals surface area contributed by atoms with Gasteiger partial charge in [0.15, 0.2) is 6.10 Å². The number of nitrogens with one attached hydrogen (secondary N) is 1. The average Bonchev–Trinajstić information content (AvgIpc) is 3.01. The molecule has 1 aliphatic rings. The van der Waals surface area contributed by atoms with Gasteiger partial charge in [0.25, 0.3) is 11.8 Å². The van der Waals surface area contributed by atoms with Gasteiger partial charge in [0.05, 0.1) is 5.56 Å². The van der Waals surface area contributed by atoms with E-state index >= 15 is 0 Å². The molecule has 29 heavy (non-hydrogen) atoms. The monoisotopic (exact) mass is 434 g/mol. The van der Waals surface area contributed by atoms with Gasteiger partial charge < -0.3 is 15.8 Å². The topological polar surface area (TPSA) is 81.4 Å². The summed E-state index contributed by atoms with van der Waals surface area (Å²) in [4.78, 5) is 26.0. The standard InChI is InChI=1S/C22H27ClN2O3S/c1-4-5-14-6-8-16-18(11-14)29-22(19(16)20(24)26)25-21(27)13(3)28-17-9-7-15(23)10-12(17)2/h7,9-10,13-14H,4-6,8,11H2,1-3H3,(H2,24,26)(H,25,27). The van der Waals surface area contributed by atoms with Crippen LogP contribution in [0.25, 0.3) is 0 Å². The van der Waals surface area contributed by atoms with Crippen LogP contribution >= 0.6 is 22.9 Å². The van der Waals surface area contributed by atoms with E-state index in [4.69, 9.17) is 22.1 Å². The van der Waals surface area contributed by atoms with Crippen LogP contribution in [0.3, 0.4) is 0 Å². The maximum absolute atomic E-state index is 12.7. The van der Waals surface area contributed by atoms with Gasteiger partial charge in [-0.1, -0.05) is 31.4 Å². The van der Waals surface area contributed by atoms with Crippen LogP contribution in [0.4, 0.5) is 5.00 Å². The van der Waals surface area contributed by atoms with Gasteiger partial charge in [-0.3, -0.25) is 9.59 Å². The van der Waals surface area contributed by atoms with Crippen molar-refractivity contribution in [2.24, 2.45) is 11.7 Å². The maximum Gasteiger partial charge on any atom is 0.265 e. The molecular formula is C22H27ClN2O3S. The summed E-state index contributed by atoms with van der Waals surface area (Å²) in [6.07, 6.45) is 4.43. The molecule has 0 saturated heterocycles. The molecule has 3 rings (SSSR count). The lowest BCUT2D eigenvalue weighted by atomic mass is 9.84. The van der Waals surface area contributed by atoms with Crippen molar-refractivity contribution in [3.05, 3.63) is 44.8 Å². The molecule has 0 fully saturated rings. The Morgan fingerprint density at radius 3 is 2.83 bits per heavy atom. The second-order valence-electron chi connectivity index (χ2n) is 7.63. The van der Waals surface area contributed by atoms with Crippen LogP contribution < -0.4 is 15.8 Å². The average molecular weight is 435 g/mol. The minimum Gasteiger partial charge on any atom is -0.481 e. The molecule has 2 aromatic rings. The lowest BCUT2D eigenvalue weighted by Crippen LogP contribution is -2.31. The number of fused-ring (bicyclic) bond motifs is 1. The number of ether oxygens (including phenoxy) is 1. The highest BCUT2D eigenvalue weighted by atomic mass is 35.5. The molecule has 0 spiro atoms. The molecule has 0 aliphatic heterocycles. The number of nitrogens with two attached hydrogens (primary N) is 1. The highest BCUT2D eigenvalue weighted by molar-refractivity contribution is 7.17. The lowest BCUT2D eigenvalue weighted by Gasteiger charge is -2.21. The predicted molar refractivity (Wildman–Crippen MR) is 118 cm³/mol. The van der Waals surface area contributed by atoms with E-state index < -0.39 is 12.0 Å². The summed E-state index contributed by atoms with van der Waals surface area (Å²) in [5.41, 5.74) is 7.98. The van der Waals surface area contributed by atoms with Gasteiger partial charge in [-0.25, -0.2) is 0 Å². The SMILES string of the molecule is CCCC1CCc2c(sc(NC(=O)C(C)Oc3ccc(Cl)cc3C)c2C(N)=O)C1. The van der Waals surface area contributed by atoms with Crippen LogP contribution in [0.15, 0.2) is 18.2 Å². The first-order valence-corrected chi connectivity index (χ1v) is 11.2. The summed E-state index contributed by atoms with van der Waals surface area (Å²) in [6.45, 7) is 5.74. The minimum absolute atomic E-state index is 0.314. The zero-order chi connectivity index (χ0) is 21.1. The Morgan fingerprint density at radius 1 is 1.41 bits per heavy atom. The van der Waals surface area contributed by atoms with Crippen LogP contribution in [-0.4, -0.2) is 17.9 Å². The molecule has 2 atom stereocenters. The highest BCUT2D eigenvalue weighted by Gasteiger charge is 2.29. The van der Waals surface area contributed by atoms with Crippen molar-refractivity contribution in [1.82, 2.24) is 0 Å². The van der Waals surface area contributed by atoms with Crippen molar-refractivity contribution in [3.8, 4) is 5.75 Å². The summed E-state index contributed by atoms with van der Waals surface area (Å²) >= 11 is 7.44. The van der Waals surface area contributed by atoms with Crippen molar-refractivity contribution >= 4 is 39.8 Å². The summed E-state index contributed by atoms with van der Waals surface area (Å²) in [5.74, 6) is 0.421. The Bertz CT molecular complexity index is 925. The van der Waals surface area contributed by atoms with Crippen molar-refractivity contribution < 1.29 is 14.3 Å². The Labute approximate surface area is 180 Å². The third-order valence-corrected chi connectivity index (χ3v) is 6.76. The van der Waals surface area contributed by atoms with E-state index in [0.29, 0.717) is 27.3 Å². The molecule has 2 unspecified atom stereocenters. The first kappa shape index (κ1) is 21.7. The summed E-state index contributed by atoms with van der Waals surface area (Å²) < 4.78 is 5.80. The van der Waals surface area contributed by atoms with Gasteiger partial charge in [-0.15, -0.1) is 11.3 Å². The molecule has 2 amide bonds. The molecule has 7 heteroatoms. The number of carbonyl (C=O) groups excluding carboxylic acids is 2. The first-order chi connectivity index (χ1) is 13.8. The minimum atomic E-state index is -0.734. The van der Waals surface area contributed by atoms with E-state index in [0.717, 1.165) is 36.8 Å². The fraction of sp³-hybridized carbons (Fsp3) is 0.455. The van der Waals surface area contributed by atoms with Gasteiger partial charge >= 0.3 is 0 Å². The summed E-state index contributed by atoms with van der Waals surface area (Å²) in [6, 6.07) is 5.25. The number of rotatable bonds is 7. The number of hydrogen-bond acceptors (Lipinski definition) is 4. The molecule has 1 aromatic carbocycles.